The number of anilines is 2. The fraction of sp³-hybridized carbons (Fsp3) is 0.300. The molecule has 2 amide bonds. The first kappa shape index (κ1) is 19.9. The Balaban J connectivity index is 1.61. The van der Waals surface area contributed by atoms with Gasteiger partial charge in [-0.05, 0) is 55.0 Å². The molecule has 7 nitrogen and oxygen atoms in total. The lowest BCUT2D eigenvalue weighted by molar-refractivity contribution is -0.117. The fourth-order valence-electron chi connectivity index (χ4n) is 3.01. The zero-order chi connectivity index (χ0) is 20.3. The molecule has 0 saturated heterocycles. The highest BCUT2D eigenvalue weighted by Crippen LogP contribution is 2.30. The summed E-state index contributed by atoms with van der Waals surface area (Å²) < 4.78 is 30.5. The summed E-state index contributed by atoms with van der Waals surface area (Å²) in [6.07, 6.45) is 0.0267. The van der Waals surface area contributed by atoms with E-state index in [9.17, 15) is 18.0 Å². The van der Waals surface area contributed by atoms with Crippen LogP contribution in [0, 0.1) is 0 Å². The molecule has 0 bridgehead atoms. The molecule has 0 unspecified atom stereocenters. The number of fused-ring (bicyclic) bond motifs is 1. The van der Waals surface area contributed by atoms with Crippen LogP contribution in [0.2, 0.25) is 0 Å². The van der Waals surface area contributed by atoms with Gasteiger partial charge in [0.1, 0.15) is 5.75 Å². The number of nitrogens with one attached hydrogen (secondary N) is 1. The highest BCUT2D eigenvalue weighted by Gasteiger charge is 2.26. The second-order valence-electron chi connectivity index (χ2n) is 6.49. The molecule has 0 aromatic heterocycles. The normalized spacial score (nSPS) is 13.4. The average molecular weight is 402 g/mol. The lowest BCUT2D eigenvalue weighted by Crippen LogP contribution is -2.20. The topological polar surface area (TPSA) is 92.8 Å². The van der Waals surface area contributed by atoms with Crippen molar-refractivity contribution in [2.75, 3.05) is 29.6 Å². The van der Waals surface area contributed by atoms with Crippen molar-refractivity contribution in [1.82, 2.24) is 0 Å². The molecule has 0 aliphatic carbocycles. The van der Waals surface area contributed by atoms with Crippen LogP contribution in [0.15, 0.2) is 47.4 Å². The lowest BCUT2D eigenvalue weighted by atomic mass is 10.2. The molecule has 1 heterocycles. The number of nitrogens with zero attached hydrogens (tertiary/aromatic N) is 1. The summed E-state index contributed by atoms with van der Waals surface area (Å²) in [5, 5.41) is 2.68. The van der Waals surface area contributed by atoms with E-state index in [1.165, 1.54) is 17.0 Å². The number of ether oxygens (including phenoxy) is 1. The quantitative estimate of drug-likeness (QED) is 0.768. The van der Waals surface area contributed by atoms with Gasteiger partial charge in [-0.2, -0.15) is 0 Å². The Morgan fingerprint density at radius 1 is 1.18 bits per heavy atom. The molecule has 3 rings (SSSR count). The van der Waals surface area contributed by atoms with Crippen molar-refractivity contribution in [1.29, 1.82) is 0 Å². The van der Waals surface area contributed by atoms with Gasteiger partial charge in [0.2, 0.25) is 11.8 Å². The zero-order valence-electron chi connectivity index (χ0n) is 15.8. The molecule has 2 aromatic rings. The summed E-state index contributed by atoms with van der Waals surface area (Å²) in [4.78, 5) is 25.5. The molecule has 0 atom stereocenters. The van der Waals surface area contributed by atoms with E-state index < -0.39 is 9.84 Å². The number of amides is 2. The Labute approximate surface area is 164 Å². The van der Waals surface area contributed by atoms with Crippen LogP contribution in [0.3, 0.4) is 0 Å². The van der Waals surface area contributed by atoms with E-state index in [0.29, 0.717) is 23.6 Å². The van der Waals surface area contributed by atoms with Crippen LogP contribution >= 0.6 is 0 Å². The van der Waals surface area contributed by atoms with Crippen LogP contribution in [-0.2, 0) is 25.8 Å². The van der Waals surface area contributed by atoms with Gasteiger partial charge in [0.25, 0.3) is 0 Å². The van der Waals surface area contributed by atoms with Gasteiger partial charge in [0, 0.05) is 24.8 Å². The molecule has 0 radical (unpaired) electrons. The second kappa shape index (κ2) is 8.02. The molecular weight excluding hydrogens is 380 g/mol. The van der Waals surface area contributed by atoms with Crippen molar-refractivity contribution < 1.29 is 22.7 Å². The number of carbonyl (C=O) groups excluding carboxylic acids is 2. The smallest absolute Gasteiger partial charge is 0.231 e. The maximum absolute atomic E-state index is 12.6. The predicted molar refractivity (Wildman–Crippen MR) is 106 cm³/mol. The molecule has 1 N–H and O–H groups in total. The van der Waals surface area contributed by atoms with Crippen LogP contribution in [0.5, 0.6) is 5.75 Å². The van der Waals surface area contributed by atoms with Crippen molar-refractivity contribution in [2.45, 2.75) is 24.7 Å². The van der Waals surface area contributed by atoms with Gasteiger partial charge in [0.15, 0.2) is 9.84 Å². The summed E-state index contributed by atoms with van der Waals surface area (Å²) in [5.41, 5.74) is 1.98. The fourth-order valence-corrected chi connectivity index (χ4v) is 4.30. The summed E-state index contributed by atoms with van der Waals surface area (Å²) >= 11 is 0. The largest absolute Gasteiger partial charge is 0.494 e. The van der Waals surface area contributed by atoms with Crippen LogP contribution in [0.25, 0.3) is 0 Å². The van der Waals surface area contributed by atoms with E-state index in [2.05, 4.69) is 5.32 Å². The molecule has 28 heavy (non-hydrogen) atoms. The monoisotopic (exact) mass is 402 g/mol. The number of hydrogen-bond acceptors (Lipinski definition) is 5. The van der Waals surface area contributed by atoms with Crippen LogP contribution in [0.1, 0.15) is 18.9 Å². The van der Waals surface area contributed by atoms with E-state index in [1.54, 1.807) is 37.4 Å². The van der Waals surface area contributed by atoms with Gasteiger partial charge in [-0.3, -0.25) is 9.59 Å². The molecular formula is C20H22N2O5S. The Kier molecular flexibility index (Phi) is 5.69. The van der Waals surface area contributed by atoms with Gasteiger partial charge < -0.3 is 15.0 Å². The molecule has 0 saturated carbocycles. The molecule has 8 heteroatoms. The van der Waals surface area contributed by atoms with Crippen LogP contribution in [-0.4, -0.2) is 39.6 Å². The first-order valence-electron chi connectivity index (χ1n) is 8.95. The minimum Gasteiger partial charge on any atom is -0.494 e. The Hall–Kier alpha value is -2.87. The standard InChI is InChI=1S/C20H22N2O5S/c1-3-27-16-6-4-15(5-7-16)21-19(23)10-11-28(25,26)17-8-9-18-14(12-17)13-20(24)22(18)2/h4-9,12H,3,10-11,13H2,1-2H3,(H,21,23). The third kappa shape index (κ3) is 4.33. The number of likely N-dealkylation sites (N-methyl/N-ethyl adjacent to an activating group) is 1. The van der Waals surface area contributed by atoms with E-state index in [0.717, 1.165) is 5.69 Å². The SMILES string of the molecule is CCOc1ccc(NC(=O)CCS(=O)(=O)c2ccc3c(c2)CC(=O)N3C)cc1. The lowest BCUT2D eigenvalue weighted by Gasteiger charge is -2.11. The maximum Gasteiger partial charge on any atom is 0.231 e. The zero-order valence-corrected chi connectivity index (χ0v) is 16.6. The first-order valence-corrected chi connectivity index (χ1v) is 10.6. The second-order valence-corrected chi connectivity index (χ2v) is 8.60. The van der Waals surface area contributed by atoms with Crippen molar-refractivity contribution in [3.8, 4) is 5.75 Å². The number of sulfone groups is 1. The number of hydrogen-bond donors (Lipinski definition) is 1. The van der Waals surface area contributed by atoms with Crippen LogP contribution in [0.4, 0.5) is 11.4 Å². The Bertz CT molecular complexity index is 1000. The number of carbonyl (C=O) groups is 2. The predicted octanol–water partition coefficient (Wildman–Crippen LogP) is 2.41. The maximum atomic E-state index is 12.6. The van der Waals surface area contributed by atoms with Gasteiger partial charge in [-0.1, -0.05) is 0 Å². The minimum absolute atomic E-state index is 0.0701. The van der Waals surface area contributed by atoms with Crippen molar-refractivity contribution >= 4 is 33.0 Å². The highest BCUT2D eigenvalue weighted by molar-refractivity contribution is 7.91. The van der Waals surface area contributed by atoms with Crippen molar-refractivity contribution in [3.05, 3.63) is 48.0 Å². The number of benzene rings is 2. The van der Waals surface area contributed by atoms with Crippen LogP contribution < -0.4 is 15.0 Å². The average Bonchev–Trinajstić information content (AvgIpc) is 2.95. The summed E-state index contributed by atoms with van der Waals surface area (Å²) in [6.45, 7) is 2.43. The van der Waals surface area contributed by atoms with E-state index >= 15 is 0 Å². The van der Waals surface area contributed by atoms with E-state index in [4.69, 9.17) is 4.74 Å². The molecule has 1 aliphatic heterocycles. The molecule has 148 valence electrons. The number of rotatable bonds is 7. The third-order valence-corrected chi connectivity index (χ3v) is 6.25. The van der Waals surface area contributed by atoms with Crippen molar-refractivity contribution in [3.63, 3.8) is 0 Å². The Morgan fingerprint density at radius 3 is 2.57 bits per heavy atom. The van der Waals surface area contributed by atoms with Gasteiger partial charge in [-0.25, -0.2) is 8.42 Å². The van der Waals surface area contributed by atoms with E-state index in [1.807, 2.05) is 6.92 Å². The van der Waals surface area contributed by atoms with Gasteiger partial charge >= 0.3 is 0 Å². The molecule has 2 aromatic carbocycles. The minimum atomic E-state index is -3.63. The third-order valence-electron chi connectivity index (χ3n) is 4.53. The van der Waals surface area contributed by atoms with Gasteiger partial charge in [0.05, 0.1) is 23.7 Å². The van der Waals surface area contributed by atoms with E-state index in [-0.39, 0.29) is 35.3 Å². The molecule has 1 aliphatic rings. The van der Waals surface area contributed by atoms with Crippen molar-refractivity contribution in [2.24, 2.45) is 0 Å². The summed E-state index contributed by atoms with van der Waals surface area (Å²) in [5.74, 6) is -0.0646. The molecule has 0 fully saturated rings. The first-order chi connectivity index (χ1) is 13.3. The molecule has 0 spiro atoms. The van der Waals surface area contributed by atoms with Gasteiger partial charge in [-0.15, -0.1) is 0 Å². The summed E-state index contributed by atoms with van der Waals surface area (Å²) in [7, 11) is -1.97. The summed E-state index contributed by atoms with van der Waals surface area (Å²) in [6, 6.07) is 11.5. The highest BCUT2D eigenvalue weighted by atomic mass is 32.2. The Morgan fingerprint density at radius 2 is 1.89 bits per heavy atom.